The van der Waals surface area contributed by atoms with Gasteiger partial charge >= 0.3 is 0 Å². The summed E-state index contributed by atoms with van der Waals surface area (Å²) < 4.78 is 29.0. The Labute approximate surface area is 199 Å². The van der Waals surface area contributed by atoms with Crippen LogP contribution >= 0.6 is 11.6 Å². The van der Waals surface area contributed by atoms with Gasteiger partial charge in [-0.2, -0.15) is 10.4 Å². The number of carbonyl (C=O) groups excluding carboxylic acids is 1. The second kappa shape index (κ2) is 10.0. The number of hydrogen-bond donors (Lipinski definition) is 4. The van der Waals surface area contributed by atoms with Gasteiger partial charge in [0, 0.05) is 27.9 Å². The van der Waals surface area contributed by atoms with E-state index in [1.54, 1.807) is 24.3 Å². The van der Waals surface area contributed by atoms with Crippen molar-refractivity contribution in [3.05, 3.63) is 76.0 Å². The number of H-pyrrole nitrogens is 1. The molecule has 4 rings (SSSR count). The molecule has 1 aliphatic carbocycles. The van der Waals surface area contributed by atoms with Gasteiger partial charge in [0.2, 0.25) is 5.91 Å². The summed E-state index contributed by atoms with van der Waals surface area (Å²) in [5, 5.41) is 22.6. The molecule has 3 aromatic rings. The Morgan fingerprint density at radius 2 is 2.15 bits per heavy atom. The normalized spacial score (nSPS) is 14.2. The highest BCUT2D eigenvalue weighted by molar-refractivity contribution is 6.30. The van der Waals surface area contributed by atoms with Crippen LogP contribution in [0.3, 0.4) is 0 Å². The highest BCUT2D eigenvalue weighted by Gasteiger charge is 2.28. The number of carbonyl (C=O) groups is 1. The summed E-state index contributed by atoms with van der Waals surface area (Å²) in [4.78, 5) is 13.0. The Bertz CT molecular complexity index is 1360. The van der Waals surface area contributed by atoms with Crippen molar-refractivity contribution in [1.82, 2.24) is 10.2 Å². The lowest BCUT2D eigenvalue weighted by atomic mass is 9.93. The summed E-state index contributed by atoms with van der Waals surface area (Å²) in [6.07, 6.45) is 5.20. The number of halogens is 3. The molecule has 1 aliphatic rings. The maximum atomic E-state index is 14.6. The molecule has 1 aromatic heterocycles. The van der Waals surface area contributed by atoms with Gasteiger partial charge in [-0.1, -0.05) is 17.7 Å². The van der Waals surface area contributed by atoms with Gasteiger partial charge in [0.25, 0.3) is 0 Å². The van der Waals surface area contributed by atoms with Crippen LogP contribution in [-0.4, -0.2) is 22.6 Å². The topological polar surface area (TPSA) is 120 Å². The van der Waals surface area contributed by atoms with Gasteiger partial charge in [-0.3, -0.25) is 9.89 Å². The van der Waals surface area contributed by atoms with E-state index in [2.05, 4.69) is 26.9 Å². The minimum atomic E-state index is -1.16. The van der Waals surface area contributed by atoms with Crippen LogP contribution in [0.1, 0.15) is 30.7 Å². The van der Waals surface area contributed by atoms with Gasteiger partial charge < -0.3 is 16.4 Å². The second-order valence-electron chi connectivity index (χ2n) is 7.81. The summed E-state index contributed by atoms with van der Waals surface area (Å²) in [5.74, 6) is -3.10. The van der Waals surface area contributed by atoms with E-state index >= 15 is 0 Å². The lowest BCUT2D eigenvalue weighted by Gasteiger charge is -2.18. The average Bonchev–Trinajstić information content (AvgIpc) is 3.23. The Hall–Kier alpha value is -3.74. The highest BCUT2D eigenvalue weighted by atomic mass is 35.5. The highest BCUT2D eigenvalue weighted by Crippen LogP contribution is 2.32. The predicted molar refractivity (Wildman–Crippen MR) is 127 cm³/mol. The molecule has 0 spiro atoms. The predicted octanol–water partition coefficient (Wildman–Crippen LogP) is 5.11. The molecule has 2 aromatic carbocycles. The van der Waals surface area contributed by atoms with E-state index in [0.29, 0.717) is 34.4 Å². The van der Waals surface area contributed by atoms with Crippen molar-refractivity contribution < 1.29 is 13.6 Å². The lowest BCUT2D eigenvalue weighted by molar-refractivity contribution is -0.117. The van der Waals surface area contributed by atoms with E-state index in [1.165, 1.54) is 0 Å². The molecule has 10 heteroatoms. The van der Waals surface area contributed by atoms with Crippen LogP contribution in [0.25, 0.3) is 10.9 Å². The number of nitrogens with two attached hydrogens (primary N) is 1. The van der Waals surface area contributed by atoms with Crippen LogP contribution in [0.15, 0.2) is 53.8 Å². The Morgan fingerprint density at radius 3 is 2.91 bits per heavy atom. The van der Waals surface area contributed by atoms with Gasteiger partial charge in [0.1, 0.15) is 11.6 Å². The average molecular weight is 483 g/mol. The van der Waals surface area contributed by atoms with Gasteiger partial charge in [-0.25, -0.2) is 8.78 Å². The number of nitriles is 1. The maximum absolute atomic E-state index is 14.6. The van der Waals surface area contributed by atoms with Gasteiger partial charge in [-0.05, 0) is 62.2 Å². The van der Waals surface area contributed by atoms with E-state index in [-0.39, 0.29) is 18.0 Å². The van der Waals surface area contributed by atoms with Crippen LogP contribution in [0.4, 0.5) is 20.3 Å². The first-order valence-electron chi connectivity index (χ1n) is 10.6. The molecule has 7 nitrogen and oxygen atoms in total. The fraction of sp³-hybridized carbons (Fsp3) is 0.208. The van der Waals surface area contributed by atoms with Crippen LogP contribution in [0.5, 0.6) is 0 Å². The molecule has 1 unspecified atom stereocenters. The smallest absolute Gasteiger partial charge is 0.232 e. The van der Waals surface area contributed by atoms with Crippen LogP contribution in [-0.2, 0) is 4.79 Å². The molecular formula is C24H21ClF2N6O. The Balaban J connectivity index is 1.60. The van der Waals surface area contributed by atoms with Gasteiger partial charge in [-0.15, -0.1) is 0 Å². The number of anilines is 2. The quantitative estimate of drug-likeness (QED) is 0.349. The summed E-state index contributed by atoms with van der Waals surface area (Å²) in [7, 11) is 0. The number of benzene rings is 2. The number of nitrogens with one attached hydrogen (secondary N) is 3. The number of fused-ring (bicyclic) bond motifs is 1. The minimum absolute atomic E-state index is 0.0302. The van der Waals surface area contributed by atoms with Crippen LogP contribution < -0.4 is 16.4 Å². The zero-order chi connectivity index (χ0) is 24.2. The Morgan fingerprint density at radius 1 is 1.32 bits per heavy atom. The number of allylic oxidation sites excluding steroid dienone is 3. The summed E-state index contributed by atoms with van der Waals surface area (Å²) in [6.45, 7) is 0.0473. The molecule has 1 heterocycles. The fourth-order valence-electron chi connectivity index (χ4n) is 3.87. The lowest BCUT2D eigenvalue weighted by Crippen LogP contribution is -2.25. The van der Waals surface area contributed by atoms with Crippen molar-refractivity contribution >= 4 is 39.9 Å². The van der Waals surface area contributed by atoms with Crippen molar-refractivity contribution in [3.8, 4) is 6.07 Å². The number of aromatic amines is 1. The monoisotopic (exact) mass is 482 g/mol. The zero-order valence-corrected chi connectivity index (χ0v) is 18.7. The second-order valence-corrected chi connectivity index (χ2v) is 8.22. The van der Waals surface area contributed by atoms with E-state index in [1.807, 2.05) is 6.08 Å². The van der Waals surface area contributed by atoms with E-state index in [9.17, 15) is 13.6 Å². The van der Waals surface area contributed by atoms with Crippen molar-refractivity contribution in [3.63, 3.8) is 0 Å². The third-order valence-electron chi connectivity index (χ3n) is 5.54. The standard InChI is InChI=1S/C24H21ClF2N6O/c25-18-5-6-19(26)21(22(18)27)16(8-9-28)24(34)31-15-4-7-20-17(11-15)23(33-32-20)30-14-3-1-2-13(10-14)12-29/h3-7,10-11,16H,1-2,8-9,28H2,(H,31,34)(H2,30,32,33). The molecule has 0 radical (unpaired) electrons. The zero-order valence-electron chi connectivity index (χ0n) is 18.0. The summed E-state index contributed by atoms with van der Waals surface area (Å²) in [5.41, 5.74) is 7.76. The molecule has 1 amide bonds. The summed E-state index contributed by atoms with van der Waals surface area (Å²) in [6, 6.07) is 9.37. The van der Waals surface area contributed by atoms with Crippen molar-refractivity contribution in [2.45, 2.75) is 25.2 Å². The van der Waals surface area contributed by atoms with E-state index in [4.69, 9.17) is 22.6 Å². The third kappa shape index (κ3) is 4.78. The van der Waals surface area contributed by atoms with Crippen LogP contribution in [0, 0.1) is 23.0 Å². The molecule has 0 saturated heterocycles. The van der Waals surface area contributed by atoms with Crippen molar-refractivity contribution in [2.24, 2.45) is 5.73 Å². The number of amides is 1. The molecule has 5 N–H and O–H groups in total. The third-order valence-corrected chi connectivity index (χ3v) is 5.84. The molecule has 0 bridgehead atoms. The van der Waals surface area contributed by atoms with E-state index < -0.39 is 29.0 Å². The van der Waals surface area contributed by atoms with Crippen molar-refractivity contribution in [1.29, 1.82) is 5.26 Å². The largest absolute Gasteiger partial charge is 0.338 e. The number of rotatable bonds is 7. The summed E-state index contributed by atoms with van der Waals surface area (Å²) >= 11 is 5.82. The number of nitrogens with zero attached hydrogens (tertiary/aromatic N) is 2. The molecule has 0 saturated carbocycles. The van der Waals surface area contributed by atoms with Gasteiger partial charge in [0.05, 0.1) is 22.5 Å². The number of aromatic nitrogens is 2. The molecular weight excluding hydrogens is 462 g/mol. The Kier molecular flexibility index (Phi) is 6.91. The maximum Gasteiger partial charge on any atom is 0.232 e. The van der Waals surface area contributed by atoms with Crippen LogP contribution in [0.2, 0.25) is 5.02 Å². The molecule has 174 valence electrons. The van der Waals surface area contributed by atoms with Gasteiger partial charge in [0.15, 0.2) is 5.82 Å². The fourth-order valence-corrected chi connectivity index (χ4v) is 4.03. The number of hydrogen-bond acceptors (Lipinski definition) is 5. The molecule has 1 atom stereocenters. The SMILES string of the molecule is N#CC1=CC(Nc2n[nH]c3ccc(NC(=O)C(CCN)c4c(F)ccc(Cl)c4F)cc23)=CCC1. The minimum Gasteiger partial charge on any atom is -0.338 e. The molecule has 0 aliphatic heterocycles. The first-order valence-corrected chi connectivity index (χ1v) is 11.0. The first-order chi connectivity index (χ1) is 16.4. The van der Waals surface area contributed by atoms with Crippen molar-refractivity contribution in [2.75, 3.05) is 17.2 Å². The first kappa shape index (κ1) is 23.4. The van der Waals surface area contributed by atoms with E-state index in [0.717, 1.165) is 24.3 Å². The molecule has 0 fully saturated rings. The molecule has 34 heavy (non-hydrogen) atoms.